The molecule has 2 aliphatic heterocycles. The number of carboxylic acid groups (broad SMARTS) is 1. The van der Waals surface area contributed by atoms with E-state index in [-0.39, 0.29) is 5.56 Å². The zero-order chi connectivity index (χ0) is 30.5. The number of carboxylic acids is 1. The number of carbonyl (C=O) groups is 1. The van der Waals surface area contributed by atoms with Crippen LogP contribution in [0, 0.1) is 0 Å². The van der Waals surface area contributed by atoms with Gasteiger partial charge >= 0.3 is 5.97 Å². The Hall–Kier alpha value is -3.55. The van der Waals surface area contributed by atoms with Crippen LogP contribution >= 0.6 is 23.2 Å². The summed E-state index contributed by atoms with van der Waals surface area (Å²) in [6, 6.07) is 27.4. The third kappa shape index (κ3) is 7.56. The number of hydrogen-bond donors (Lipinski definition) is 1. The van der Waals surface area contributed by atoms with Crippen molar-refractivity contribution in [2.75, 3.05) is 50.7 Å². The Bertz CT molecular complexity index is 1600. The molecule has 0 unspecified atom stereocenters. The fourth-order valence-corrected chi connectivity index (χ4v) is 6.48. The van der Waals surface area contributed by atoms with E-state index in [0.717, 1.165) is 56.4 Å². The van der Waals surface area contributed by atoms with Crippen LogP contribution < -0.4 is 9.64 Å². The molecule has 0 bridgehead atoms. The summed E-state index contributed by atoms with van der Waals surface area (Å²) in [4.78, 5) is 19.3. The Labute approximate surface area is 269 Å². The van der Waals surface area contributed by atoms with Gasteiger partial charge in [0.2, 0.25) is 0 Å². The summed E-state index contributed by atoms with van der Waals surface area (Å²) in [5.74, 6) is -0.225. The molecule has 6 rings (SSSR count). The first kappa shape index (κ1) is 30.5. The molecule has 228 valence electrons. The van der Waals surface area contributed by atoms with E-state index in [4.69, 9.17) is 27.9 Å². The lowest BCUT2D eigenvalue weighted by Gasteiger charge is -2.36. The van der Waals surface area contributed by atoms with Crippen molar-refractivity contribution in [1.82, 2.24) is 9.80 Å². The highest BCUT2D eigenvalue weighted by Crippen LogP contribution is 2.33. The van der Waals surface area contributed by atoms with Crippen molar-refractivity contribution in [1.29, 1.82) is 0 Å². The van der Waals surface area contributed by atoms with Crippen LogP contribution in [0.3, 0.4) is 0 Å². The average Bonchev–Trinajstić information content (AvgIpc) is 3.55. The topological polar surface area (TPSA) is 56.2 Å². The predicted octanol–water partition coefficient (Wildman–Crippen LogP) is 8.11. The van der Waals surface area contributed by atoms with Gasteiger partial charge in [0.1, 0.15) is 17.1 Å². The molecule has 0 aliphatic carbocycles. The standard InChI is InChI=1S/C36H37Cl2N3O3/c37-29-9-7-27(8-10-29)33-12-6-26(14-17-39-15-1-2-16-39)22-28(33)25-40-18-20-41(21-19-40)31-11-13-34(36(42)43)35(24-31)44-32-5-3-4-30(38)23-32/h3-13,22-24H,1-2,14-21,25H2,(H,42,43). The highest BCUT2D eigenvalue weighted by Gasteiger charge is 2.22. The Morgan fingerprint density at radius 1 is 0.773 bits per heavy atom. The van der Waals surface area contributed by atoms with Crippen molar-refractivity contribution in [3.63, 3.8) is 0 Å². The van der Waals surface area contributed by atoms with E-state index < -0.39 is 5.97 Å². The van der Waals surface area contributed by atoms with Crippen LogP contribution in [-0.2, 0) is 13.0 Å². The lowest BCUT2D eigenvalue weighted by Crippen LogP contribution is -2.46. The Kier molecular flexibility index (Phi) is 9.72. The van der Waals surface area contributed by atoms with Crippen LogP contribution in [0.1, 0.15) is 34.3 Å². The van der Waals surface area contributed by atoms with Gasteiger partial charge in [0.25, 0.3) is 0 Å². The van der Waals surface area contributed by atoms with E-state index in [0.29, 0.717) is 16.5 Å². The van der Waals surface area contributed by atoms with Gasteiger partial charge in [0, 0.05) is 61.1 Å². The summed E-state index contributed by atoms with van der Waals surface area (Å²) >= 11 is 12.3. The molecule has 6 nitrogen and oxygen atoms in total. The monoisotopic (exact) mass is 629 g/mol. The van der Waals surface area contributed by atoms with Gasteiger partial charge in [0.05, 0.1) is 0 Å². The highest BCUT2D eigenvalue weighted by molar-refractivity contribution is 6.31. The van der Waals surface area contributed by atoms with Gasteiger partial charge in [-0.25, -0.2) is 4.79 Å². The zero-order valence-corrected chi connectivity index (χ0v) is 26.2. The number of piperazine rings is 1. The first-order chi connectivity index (χ1) is 21.4. The summed E-state index contributed by atoms with van der Waals surface area (Å²) in [5.41, 5.74) is 6.21. The van der Waals surface area contributed by atoms with Crippen molar-refractivity contribution < 1.29 is 14.6 Å². The molecule has 0 saturated carbocycles. The van der Waals surface area contributed by atoms with E-state index in [1.165, 1.54) is 48.2 Å². The second-order valence-electron chi connectivity index (χ2n) is 11.6. The Morgan fingerprint density at radius 2 is 1.55 bits per heavy atom. The fraction of sp³-hybridized carbons (Fsp3) is 0.306. The van der Waals surface area contributed by atoms with Crippen molar-refractivity contribution in [2.45, 2.75) is 25.8 Å². The maximum absolute atomic E-state index is 11.9. The van der Waals surface area contributed by atoms with Crippen LogP contribution in [-0.4, -0.2) is 66.7 Å². The van der Waals surface area contributed by atoms with E-state index in [1.54, 1.807) is 30.3 Å². The quantitative estimate of drug-likeness (QED) is 0.191. The predicted molar refractivity (Wildman–Crippen MR) is 179 cm³/mol. The summed E-state index contributed by atoms with van der Waals surface area (Å²) in [6.07, 6.45) is 3.69. The molecule has 44 heavy (non-hydrogen) atoms. The first-order valence-corrected chi connectivity index (χ1v) is 16.0. The number of ether oxygens (including phenoxy) is 1. The molecular formula is C36H37Cl2N3O3. The van der Waals surface area contributed by atoms with Crippen molar-refractivity contribution in [3.05, 3.63) is 112 Å². The smallest absolute Gasteiger partial charge is 0.339 e. The first-order valence-electron chi connectivity index (χ1n) is 15.3. The van der Waals surface area contributed by atoms with Gasteiger partial charge in [-0.1, -0.05) is 59.6 Å². The third-order valence-electron chi connectivity index (χ3n) is 8.59. The van der Waals surface area contributed by atoms with Crippen LogP contribution in [0.15, 0.2) is 84.9 Å². The number of hydrogen-bond acceptors (Lipinski definition) is 5. The second kappa shape index (κ2) is 14.0. The van der Waals surface area contributed by atoms with Gasteiger partial charge in [-0.05, 0) is 97.1 Å². The number of likely N-dealkylation sites (tertiary alicyclic amines) is 1. The van der Waals surface area contributed by atoms with E-state index in [2.05, 4.69) is 45.0 Å². The molecule has 0 aromatic heterocycles. The maximum atomic E-state index is 11.9. The van der Waals surface area contributed by atoms with Crippen molar-refractivity contribution in [2.24, 2.45) is 0 Å². The molecular weight excluding hydrogens is 593 g/mol. The highest BCUT2D eigenvalue weighted by atomic mass is 35.5. The number of anilines is 1. The second-order valence-corrected chi connectivity index (χ2v) is 12.5. The maximum Gasteiger partial charge on any atom is 0.339 e. The largest absolute Gasteiger partial charge is 0.478 e. The fourth-order valence-electron chi connectivity index (χ4n) is 6.17. The van der Waals surface area contributed by atoms with Gasteiger partial charge < -0.3 is 19.6 Å². The number of rotatable bonds is 10. The number of nitrogens with zero attached hydrogens (tertiary/aromatic N) is 3. The molecule has 2 fully saturated rings. The summed E-state index contributed by atoms with van der Waals surface area (Å²) in [6.45, 7) is 7.85. The Morgan fingerprint density at radius 3 is 2.27 bits per heavy atom. The molecule has 0 spiro atoms. The van der Waals surface area contributed by atoms with Gasteiger partial charge in [-0.15, -0.1) is 0 Å². The van der Waals surface area contributed by atoms with Gasteiger partial charge in [0.15, 0.2) is 0 Å². The molecule has 0 atom stereocenters. The van der Waals surface area contributed by atoms with E-state index >= 15 is 0 Å². The number of aromatic carboxylic acids is 1. The summed E-state index contributed by atoms with van der Waals surface area (Å²) in [7, 11) is 0. The van der Waals surface area contributed by atoms with Crippen LogP contribution in [0.25, 0.3) is 11.1 Å². The SMILES string of the molecule is O=C(O)c1ccc(N2CCN(Cc3cc(CCN4CCCC4)ccc3-c3ccc(Cl)cc3)CC2)cc1Oc1cccc(Cl)c1. The Balaban J connectivity index is 1.16. The zero-order valence-electron chi connectivity index (χ0n) is 24.7. The molecule has 2 saturated heterocycles. The van der Waals surface area contributed by atoms with E-state index in [9.17, 15) is 9.90 Å². The summed E-state index contributed by atoms with van der Waals surface area (Å²) in [5, 5.41) is 11.0. The molecule has 2 aliphatic rings. The lowest BCUT2D eigenvalue weighted by atomic mass is 9.96. The van der Waals surface area contributed by atoms with Crippen molar-refractivity contribution in [3.8, 4) is 22.6 Å². The normalized spacial score (nSPS) is 15.9. The molecule has 4 aromatic carbocycles. The van der Waals surface area contributed by atoms with Gasteiger partial charge in [-0.2, -0.15) is 0 Å². The molecule has 0 amide bonds. The van der Waals surface area contributed by atoms with Gasteiger partial charge in [-0.3, -0.25) is 4.90 Å². The minimum absolute atomic E-state index is 0.117. The minimum atomic E-state index is -1.03. The molecule has 8 heteroatoms. The molecule has 1 N–H and O–H groups in total. The number of benzene rings is 4. The van der Waals surface area contributed by atoms with E-state index in [1.807, 2.05) is 24.3 Å². The van der Waals surface area contributed by atoms with Crippen LogP contribution in [0.4, 0.5) is 5.69 Å². The summed E-state index contributed by atoms with van der Waals surface area (Å²) < 4.78 is 6.00. The molecule has 4 aromatic rings. The average molecular weight is 631 g/mol. The lowest BCUT2D eigenvalue weighted by molar-refractivity contribution is 0.0694. The molecule has 0 radical (unpaired) electrons. The van der Waals surface area contributed by atoms with Crippen LogP contribution in [0.5, 0.6) is 11.5 Å². The third-order valence-corrected chi connectivity index (χ3v) is 9.08. The van der Waals surface area contributed by atoms with Crippen molar-refractivity contribution >= 4 is 34.9 Å². The van der Waals surface area contributed by atoms with Crippen LogP contribution in [0.2, 0.25) is 10.0 Å². The molecule has 2 heterocycles. The number of halogens is 2. The minimum Gasteiger partial charge on any atom is -0.478 e.